The van der Waals surface area contributed by atoms with E-state index in [2.05, 4.69) is 15.5 Å². The number of rotatable bonds is 4. The van der Waals surface area contributed by atoms with Gasteiger partial charge in [-0.05, 0) is 36.1 Å². The molecule has 0 aliphatic carbocycles. The summed E-state index contributed by atoms with van der Waals surface area (Å²) in [6.07, 6.45) is 0. The van der Waals surface area contributed by atoms with Crippen LogP contribution >= 0.6 is 11.3 Å². The third-order valence-corrected chi connectivity index (χ3v) is 5.06. The van der Waals surface area contributed by atoms with Crippen LogP contribution in [0, 0.1) is 11.3 Å². The lowest BCUT2D eigenvalue weighted by atomic mass is 9.91. The van der Waals surface area contributed by atoms with Gasteiger partial charge in [-0.3, -0.25) is 9.69 Å². The molecule has 2 aromatic heterocycles. The van der Waals surface area contributed by atoms with Crippen LogP contribution in [0.1, 0.15) is 23.9 Å². The van der Waals surface area contributed by atoms with Gasteiger partial charge in [-0.1, -0.05) is 17.3 Å². The molecule has 8 nitrogen and oxygen atoms in total. The van der Waals surface area contributed by atoms with Gasteiger partial charge in [0.1, 0.15) is 5.54 Å². The van der Waals surface area contributed by atoms with E-state index in [1.807, 2.05) is 22.9 Å². The monoisotopic (exact) mass is 379 g/mol. The minimum absolute atomic E-state index is 0.105. The van der Waals surface area contributed by atoms with Gasteiger partial charge < -0.3 is 9.84 Å². The van der Waals surface area contributed by atoms with Crippen molar-refractivity contribution in [3.8, 4) is 17.5 Å². The molecule has 0 bridgehead atoms. The Kier molecular flexibility index (Phi) is 3.97. The number of amides is 3. The molecular weight excluding hydrogens is 366 g/mol. The lowest BCUT2D eigenvalue weighted by Crippen LogP contribution is -2.40. The highest BCUT2D eigenvalue weighted by atomic mass is 32.1. The molecular formula is C18H13N5O3S. The maximum Gasteiger partial charge on any atom is 0.325 e. The Morgan fingerprint density at radius 2 is 2.22 bits per heavy atom. The quantitative estimate of drug-likeness (QED) is 0.698. The van der Waals surface area contributed by atoms with Crippen LogP contribution in [-0.2, 0) is 16.9 Å². The fourth-order valence-electron chi connectivity index (χ4n) is 2.90. The molecule has 3 aromatic rings. The van der Waals surface area contributed by atoms with E-state index in [1.54, 1.807) is 31.2 Å². The van der Waals surface area contributed by atoms with E-state index in [0.29, 0.717) is 17.0 Å². The number of imide groups is 1. The number of benzene rings is 1. The van der Waals surface area contributed by atoms with Crippen molar-refractivity contribution in [2.24, 2.45) is 0 Å². The van der Waals surface area contributed by atoms with E-state index < -0.39 is 17.5 Å². The van der Waals surface area contributed by atoms with Crippen LogP contribution in [0.5, 0.6) is 0 Å². The summed E-state index contributed by atoms with van der Waals surface area (Å²) in [4.78, 5) is 30.7. The highest BCUT2D eigenvalue weighted by Gasteiger charge is 2.49. The Morgan fingerprint density at radius 1 is 1.37 bits per heavy atom. The van der Waals surface area contributed by atoms with Crippen molar-refractivity contribution in [1.29, 1.82) is 5.26 Å². The molecule has 3 amide bonds. The fourth-order valence-corrected chi connectivity index (χ4v) is 3.53. The lowest BCUT2D eigenvalue weighted by Gasteiger charge is -2.22. The Balaban J connectivity index is 1.59. The zero-order valence-corrected chi connectivity index (χ0v) is 15.0. The van der Waals surface area contributed by atoms with Crippen molar-refractivity contribution in [2.75, 3.05) is 0 Å². The van der Waals surface area contributed by atoms with Crippen molar-refractivity contribution in [2.45, 2.75) is 19.0 Å². The third-order valence-electron chi connectivity index (χ3n) is 4.38. The molecule has 134 valence electrons. The van der Waals surface area contributed by atoms with Crippen LogP contribution in [0.2, 0.25) is 0 Å². The summed E-state index contributed by atoms with van der Waals surface area (Å²) in [5, 5.41) is 19.4. The number of thiophene rings is 1. The molecule has 1 aliphatic heterocycles. The Morgan fingerprint density at radius 3 is 2.96 bits per heavy atom. The van der Waals surface area contributed by atoms with E-state index in [4.69, 9.17) is 9.78 Å². The molecule has 1 aromatic carbocycles. The van der Waals surface area contributed by atoms with E-state index in [0.717, 1.165) is 10.5 Å². The Labute approximate surface area is 158 Å². The number of nitriles is 1. The molecule has 0 saturated carbocycles. The zero-order valence-electron chi connectivity index (χ0n) is 14.2. The van der Waals surface area contributed by atoms with Gasteiger partial charge in [0.05, 0.1) is 23.7 Å². The van der Waals surface area contributed by atoms with Gasteiger partial charge in [-0.25, -0.2) is 4.79 Å². The summed E-state index contributed by atoms with van der Waals surface area (Å²) in [5.41, 5.74) is 0.473. The molecule has 1 fully saturated rings. The van der Waals surface area contributed by atoms with Crippen molar-refractivity contribution in [3.63, 3.8) is 0 Å². The Bertz CT molecular complexity index is 1070. The van der Waals surface area contributed by atoms with Crippen LogP contribution in [-0.4, -0.2) is 27.0 Å². The van der Waals surface area contributed by atoms with Gasteiger partial charge in [0.2, 0.25) is 0 Å². The first kappa shape index (κ1) is 16.9. The van der Waals surface area contributed by atoms with E-state index in [9.17, 15) is 9.59 Å². The number of carbonyl (C=O) groups excluding carboxylic acids is 2. The molecule has 27 heavy (non-hydrogen) atoms. The highest BCUT2D eigenvalue weighted by molar-refractivity contribution is 7.08. The van der Waals surface area contributed by atoms with Crippen molar-refractivity contribution >= 4 is 23.3 Å². The molecule has 1 saturated heterocycles. The predicted octanol–water partition coefficient (Wildman–Crippen LogP) is 2.64. The van der Waals surface area contributed by atoms with Gasteiger partial charge in [-0.15, -0.1) is 0 Å². The van der Waals surface area contributed by atoms with Gasteiger partial charge in [0.25, 0.3) is 11.8 Å². The van der Waals surface area contributed by atoms with Gasteiger partial charge >= 0.3 is 6.03 Å². The second-order valence-corrected chi connectivity index (χ2v) is 6.95. The van der Waals surface area contributed by atoms with Crippen LogP contribution < -0.4 is 5.32 Å². The molecule has 0 unspecified atom stereocenters. The molecule has 1 aliphatic rings. The summed E-state index contributed by atoms with van der Waals surface area (Å²) >= 11 is 1.50. The molecule has 4 rings (SSSR count). The van der Waals surface area contributed by atoms with Gasteiger partial charge in [-0.2, -0.15) is 21.6 Å². The zero-order chi connectivity index (χ0) is 19.0. The molecule has 1 N–H and O–H groups in total. The normalized spacial score (nSPS) is 19.2. The third kappa shape index (κ3) is 2.86. The first-order chi connectivity index (χ1) is 13.0. The fraction of sp³-hybridized carbons (Fsp3) is 0.167. The molecule has 0 spiro atoms. The molecule has 0 radical (unpaired) electrons. The standard InChI is InChI=1S/C18H13N5O3S/c1-18(13-4-2-3-11(7-13)8-19)16(24)23(17(25)21-18)9-14-20-15(26-22-14)12-5-6-27-10-12/h2-7,10H,9H2,1H3,(H,21,25)/t18-/m1/s1. The number of nitrogens with zero attached hydrogens (tertiary/aromatic N) is 4. The van der Waals surface area contributed by atoms with Crippen LogP contribution in [0.3, 0.4) is 0 Å². The number of hydrogen-bond donors (Lipinski definition) is 1. The van der Waals surface area contributed by atoms with Crippen LogP contribution in [0.25, 0.3) is 11.5 Å². The minimum atomic E-state index is -1.26. The largest absolute Gasteiger partial charge is 0.334 e. The van der Waals surface area contributed by atoms with Gasteiger partial charge in [0, 0.05) is 5.38 Å². The summed E-state index contributed by atoms with van der Waals surface area (Å²) < 4.78 is 5.20. The summed E-state index contributed by atoms with van der Waals surface area (Å²) in [6, 6.07) is 9.92. The molecule has 9 heteroatoms. The number of hydrogen-bond acceptors (Lipinski definition) is 7. The summed E-state index contributed by atoms with van der Waals surface area (Å²) in [5.74, 6) is 0.127. The van der Waals surface area contributed by atoms with E-state index in [1.165, 1.54) is 11.3 Å². The van der Waals surface area contributed by atoms with Crippen LogP contribution in [0.4, 0.5) is 4.79 Å². The predicted molar refractivity (Wildman–Crippen MR) is 95.2 cm³/mol. The number of nitrogens with one attached hydrogen (secondary N) is 1. The number of carbonyl (C=O) groups is 2. The molecule has 3 heterocycles. The average Bonchev–Trinajstić information content (AvgIpc) is 3.40. The highest BCUT2D eigenvalue weighted by Crippen LogP contribution is 2.30. The summed E-state index contributed by atoms with van der Waals surface area (Å²) in [7, 11) is 0. The SMILES string of the molecule is C[C@]1(c2cccc(C#N)c2)NC(=O)N(Cc2noc(-c3ccsc3)n2)C1=O. The first-order valence-electron chi connectivity index (χ1n) is 8.01. The lowest BCUT2D eigenvalue weighted by molar-refractivity contribution is -0.131. The van der Waals surface area contributed by atoms with Crippen molar-refractivity contribution in [1.82, 2.24) is 20.4 Å². The topological polar surface area (TPSA) is 112 Å². The van der Waals surface area contributed by atoms with Crippen molar-refractivity contribution < 1.29 is 14.1 Å². The smallest absolute Gasteiger partial charge is 0.325 e. The van der Waals surface area contributed by atoms with E-state index >= 15 is 0 Å². The number of aromatic nitrogens is 2. The van der Waals surface area contributed by atoms with Crippen LogP contribution in [0.15, 0.2) is 45.6 Å². The summed E-state index contributed by atoms with van der Waals surface area (Å²) in [6.45, 7) is 1.50. The Hall–Kier alpha value is -3.51. The van der Waals surface area contributed by atoms with Crippen molar-refractivity contribution in [3.05, 3.63) is 58.0 Å². The van der Waals surface area contributed by atoms with E-state index in [-0.39, 0.29) is 12.4 Å². The average molecular weight is 379 g/mol. The second kappa shape index (κ2) is 6.34. The maximum absolute atomic E-state index is 13.0. The molecule has 1 atom stereocenters. The van der Waals surface area contributed by atoms with Gasteiger partial charge in [0.15, 0.2) is 5.82 Å². The minimum Gasteiger partial charge on any atom is -0.334 e. The first-order valence-corrected chi connectivity index (χ1v) is 8.95. The second-order valence-electron chi connectivity index (χ2n) is 6.17. The number of urea groups is 1. The maximum atomic E-state index is 13.0.